The smallest absolute Gasteiger partial charge is 0.193 e. The maximum absolute atomic E-state index is 12.6. The highest BCUT2D eigenvalue weighted by Gasteiger charge is 2.25. The van der Waals surface area contributed by atoms with Gasteiger partial charge in [0, 0.05) is 36.4 Å². The van der Waals surface area contributed by atoms with Crippen molar-refractivity contribution < 1.29 is 14.4 Å². The lowest BCUT2D eigenvalue weighted by Gasteiger charge is -2.25. The molecule has 2 aromatic carbocycles. The minimum absolute atomic E-state index is 0.0250. The zero-order valence-corrected chi connectivity index (χ0v) is 17.5. The van der Waals surface area contributed by atoms with Crippen LogP contribution in [0.1, 0.15) is 51.0 Å². The minimum atomic E-state index is -0.265. The lowest BCUT2D eigenvalue weighted by molar-refractivity contribution is -0.0356. The largest absolute Gasteiger partial charge is 0.317 e. The van der Waals surface area contributed by atoms with Crippen LogP contribution in [0.4, 0.5) is 0 Å². The Morgan fingerprint density at radius 3 is 2.52 bits per heavy atom. The molecule has 31 heavy (non-hydrogen) atoms. The number of carbonyl (C=O) groups is 2. The van der Waals surface area contributed by atoms with Crippen molar-refractivity contribution in [2.24, 2.45) is 4.99 Å². The van der Waals surface area contributed by atoms with E-state index in [1.165, 1.54) is 11.9 Å². The van der Waals surface area contributed by atoms with Crippen LogP contribution in [-0.2, 0) is 4.84 Å². The molecule has 7 heteroatoms. The first kappa shape index (κ1) is 21.0. The molecular formula is C24H21N3O3S. The molecule has 156 valence electrons. The number of carbonyl (C=O) groups excluding carboxylic acids is 2. The summed E-state index contributed by atoms with van der Waals surface area (Å²) in [5.74, 6) is 0.0992. The predicted molar refractivity (Wildman–Crippen MR) is 123 cm³/mol. The highest BCUT2D eigenvalue weighted by molar-refractivity contribution is 8.06. The number of hydrogen-bond acceptors (Lipinski definition) is 6. The molecule has 2 heterocycles. The van der Waals surface area contributed by atoms with Crippen molar-refractivity contribution >= 4 is 35.1 Å². The molecule has 0 fully saturated rings. The molecule has 4 rings (SSSR count). The van der Waals surface area contributed by atoms with E-state index in [0.29, 0.717) is 29.7 Å². The zero-order valence-electron chi connectivity index (χ0n) is 16.7. The Kier molecular flexibility index (Phi) is 6.57. The van der Waals surface area contributed by atoms with Gasteiger partial charge in [0.05, 0.1) is 10.6 Å². The molecule has 0 bridgehead atoms. The van der Waals surface area contributed by atoms with E-state index in [4.69, 9.17) is 4.84 Å². The van der Waals surface area contributed by atoms with Gasteiger partial charge in [0.1, 0.15) is 0 Å². The Morgan fingerprint density at radius 2 is 1.77 bits per heavy atom. The van der Waals surface area contributed by atoms with E-state index in [1.807, 2.05) is 47.2 Å². The van der Waals surface area contributed by atoms with Crippen LogP contribution in [0.15, 0.2) is 84.1 Å². The highest BCUT2D eigenvalue weighted by Crippen LogP contribution is 2.29. The van der Waals surface area contributed by atoms with Gasteiger partial charge in [-0.2, -0.15) is 0 Å². The maximum atomic E-state index is 12.6. The van der Waals surface area contributed by atoms with Gasteiger partial charge in [-0.3, -0.25) is 19.4 Å². The van der Waals surface area contributed by atoms with Gasteiger partial charge in [-0.25, -0.2) is 0 Å². The molecule has 1 atom stereocenters. The lowest BCUT2D eigenvalue weighted by atomic mass is 10.0. The van der Waals surface area contributed by atoms with Crippen molar-refractivity contribution in [1.29, 1.82) is 0 Å². The molecule has 1 aliphatic heterocycles. The van der Waals surface area contributed by atoms with E-state index in [9.17, 15) is 9.59 Å². The fourth-order valence-corrected chi connectivity index (χ4v) is 4.06. The monoisotopic (exact) mass is 431 g/mol. The summed E-state index contributed by atoms with van der Waals surface area (Å²) in [6.45, 7) is 3.54. The first-order valence-corrected chi connectivity index (χ1v) is 10.6. The number of rotatable bonds is 8. The van der Waals surface area contributed by atoms with E-state index >= 15 is 0 Å². The second kappa shape index (κ2) is 9.70. The minimum Gasteiger partial charge on any atom is -0.317 e. The fourth-order valence-electron chi connectivity index (χ4n) is 3.43. The molecule has 1 N–H and O–H groups in total. The molecule has 1 unspecified atom stereocenters. The Bertz CT molecular complexity index is 1120. The van der Waals surface area contributed by atoms with E-state index in [0.717, 1.165) is 10.5 Å². The summed E-state index contributed by atoms with van der Waals surface area (Å²) in [6, 6.07) is 20.1. The topological polar surface area (TPSA) is 72.7 Å². The molecule has 0 aliphatic carbocycles. The summed E-state index contributed by atoms with van der Waals surface area (Å²) in [5.41, 5.74) is 2.80. The number of nitrogens with one attached hydrogen (secondary N) is 1. The molecule has 3 aromatic rings. The molecule has 0 saturated heterocycles. The fraction of sp³-hybridized carbons (Fsp3) is 0.125. The number of nitrogens with zero attached hydrogens (tertiary/aromatic N) is 2. The summed E-state index contributed by atoms with van der Waals surface area (Å²) in [6.07, 6.45) is 4.26. The van der Waals surface area contributed by atoms with Crippen LogP contribution in [0.25, 0.3) is 4.91 Å². The molecule has 1 aliphatic rings. The van der Waals surface area contributed by atoms with Crippen molar-refractivity contribution in [3.63, 3.8) is 0 Å². The van der Waals surface area contributed by atoms with Gasteiger partial charge in [0.25, 0.3) is 0 Å². The summed E-state index contributed by atoms with van der Waals surface area (Å²) < 4.78 is 1.83. The van der Waals surface area contributed by atoms with Crippen molar-refractivity contribution in [2.75, 3.05) is 0 Å². The molecule has 0 radical (unpaired) electrons. The third-order valence-electron chi connectivity index (χ3n) is 5.01. The number of benzene rings is 2. The normalized spacial score (nSPS) is 16.1. The van der Waals surface area contributed by atoms with Crippen molar-refractivity contribution in [2.45, 2.75) is 19.1 Å². The average molecular weight is 432 g/mol. The van der Waals surface area contributed by atoms with Crippen LogP contribution in [0, 0.1) is 0 Å². The number of Topliss-reactive ketones (excluding diaryl/α,β-unsaturated/α-hetero) is 1. The molecule has 6 nitrogen and oxygen atoms in total. The van der Waals surface area contributed by atoms with E-state index < -0.39 is 0 Å². The van der Waals surface area contributed by atoms with Crippen molar-refractivity contribution in [3.05, 3.63) is 102 Å². The van der Waals surface area contributed by atoms with Gasteiger partial charge in [-0.1, -0.05) is 54.6 Å². The first-order valence-electron chi connectivity index (χ1n) is 9.81. The summed E-state index contributed by atoms with van der Waals surface area (Å²) in [5, 5.41) is 0. The van der Waals surface area contributed by atoms with Gasteiger partial charge < -0.3 is 4.57 Å². The third kappa shape index (κ3) is 4.74. The van der Waals surface area contributed by atoms with Gasteiger partial charge in [0.15, 0.2) is 17.8 Å². The van der Waals surface area contributed by atoms with E-state index in [-0.39, 0.29) is 17.8 Å². The quantitative estimate of drug-likeness (QED) is 0.234. The number of ketones is 2. The van der Waals surface area contributed by atoms with Crippen LogP contribution >= 0.6 is 11.9 Å². The molecule has 0 spiro atoms. The number of aromatic nitrogens is 1. The lowest BCUT2D eigenvalue weighted by Crippen LogP contribution is -2.26. The molecule has 1 aromatic heterocycles. The standard InChI is InChI=1S/C24H21N3O3S/c1-25-16-22(31-26-30-23-14-13-21(28)20-8-5-15-27(20)23)17-9-11-19(12-10-17)24(29)18-6-3-2-4-7-18/h2-12,15-16,23,26H,1,13-14H2/b22-16-. The molecule has 0 amide bonds. The third-order valence-corrected chi connectivity index (χ3v) is 5.75. The summed E-state index contributed by atoms with van der Waals surface area (Å²) >= 11 is 1.25. The number of hydrogen-bond donors (Lipinski definition) is 1. The summed E-state index contributed by atoms with van der Waals surface area (Å²) in [4.78, 5) is 37.9. The van der Waals surface area contributed by atoms with Crippen LogP contribution in [0.3, 0.4) is 0 Å². The Labute approximate surface area is 184 Å². The van der Waals surface area contributed by atoms with Crippen LogP contribution < -0.4 is 4.89 Å². The van der Waals surface area contributed by atoms with Crippen LogP contribution in [-0.4, -0.2) is 22.9 Å². The first-order chi connectivity index (χ1) is 15.2. The second-order valence-electron chi connectivity index (χ2n) is 6.97. The Morgan fingerprint density at radius 1 is 1.06 bits per heavy atom. The van der Waals surface area contributed by atoms with Crippen molar-refractivity contribution in [1.82, 2.24) is 9.45 Å². The van der Waals surface area contributed by atoms with E-state index in [1.54, 1.807) is 36.5 Å². The van der Waals surface area contributed by atoms with Gasteiger partial charge in [0.2, 0.25) is 0 Å². The van der Waals surface area contributed by atoms with Gasteiger partial charge >= 0.3 is 0 Å². The van der Waals surface area contributed by atoms with Crippen LogP contribution in [0.5, 0.6) is 0 Å². The van der Waals surface area contributed by atoms with Crippen LogP contribution in [0.2, 0.25) is 0 Å². The number of aliphatic imine (C=N–C) groups is 1. The molecule has 0 saturated carbocycles. The Hall–Kier alpha value is -3.26. The number of fused-ring (bicyclic) bond motifs is 1. The maximum Gasteiger partial charge on any atom is 0.193 e. The van der Waals surface area contributed by atoms with Crippen molar-refractivity contribution in [3.8, 4) is 0 Å². The predicted octanol–water partition coefficient (Wildman–Crippen LogP) is 5.06. The SMILES string of the molecule is C=N/C=C(\SNOC1CCC(=O)c2cccn21)c1ccc(C(=O)c2ccccc2)cc1. The average Bonchev–Trinajstić information content (AvgIpc) is 3.31. The Balaban J connectivity index is 1.41. The zero-order chi connectivity index (χ0) is 21.6. The van der Waals surface area contributed by atoms with Gasteiger partial charge in [-0.15, -0.1) is 4.89 Å². The second-order valence-corrected chi connectivity index (χ2v) is 7.78. The molecular weight excluding hydrogens is 410 g/mol. The summed E-state index contributed by atoms with van der Waals surface area (Å²) in [7, 11) is 0. The van der Waals surface area contributed by atoms with Gasteiger partial charge in [-0.05, 0) is 36.4 Å². The highest BCUT2D eigenvalue weighted by atomic mass is 32.2. The van der Waals surface area contributed by atoms with E-state index in [2.05, 4.69) is 16.6 Å².